The van der Waals surface area contributed by atoms with Crippen LogP contribution in [-0.2, 0) is 68.5 Å². The first-order chi connectivity index (χ1) is 42.1. The number of carbonyl (C=O) groups is 12. The quantitative estimate of drug-likeness (QED) is 0.0167. The lowest BCUT2D eigenvalue weighted by Gasteiger charge is -2.31. The van der Waals surface area contributed by atoms with Crippen LogP contribution in [0.1, 0.15) is 92.6 Å². The lowest BCUT2D eigenvalue weighted by Crippen LogP contribution is -2.89. The van der Waals surface area contributed by atoms with Crippen molar-refractivity contribution in [3.8, 4) is 0 Å². The highest BCUT2D eigenvalue weighted by Gasteiger charge is 2.44. The molecule has 2 saturated heterocycles. The molecule has 11 amide bonds. The maximum Gasteiger partial charge on any atom is 0.567 e. The number of hydrogen-bond acceptors (Lipinski definition) is 22. The van der Waals surface area contributed by atoms with E-state index < -0.39 is 196 Å². The molecule has 13 atom stereocenters. The fourth-order valence-electron chi connectivity index (χ4n) is 9.57. The van der Waals surface area contributed by atoms with Crippen molar-refractivity contribution >= 4 is 79.1 Å². The van der Waals surface area contributed by atoms with Gasteiger partial charge in [0.2, 0.25) is 59.1 Å². The highest BCUT2D eigenvalue weighted by molar-refractivity contribution is 7.53. The molecule has 0 radical (unpaired) electrons. The number of nitrogens with one attached hydrogen (secondary N) is 11. The van der Waals surface area contributed by atoms with Gasteiger partial charge in [-0.3, -0.25) is 58.1 Å². The van der Waals surface area contributed by atoms with Crippen molar-refractivity contribution in [2.45, 2.75) is 178 Å². The van der Waals surface area contributed by atoms with Gasteiger partial charge in [-0.05, 0) is 70.4 Å². The highest BCUT2D eigenvalue weighted by atomic mass is 31.2. The molecular formula is C54H92N15O20P+2. The highest BCUT2D eigenvalue weighted by Crippen LogP contribution is 2.45. The molecule has 0 aromatic heterocycles. The van der Waals surface area contributed by atoms with Crippen molar-refractivity contribution in [2.24, 2.45) is 23.3 Å². The van der Waals surface area contributed by atoms with Crippen molar-refractivity contribution in [3.63, 3.8) is 0 Å². The smallest absolute Gasteiger partial charge is 0.480 e. The number of nitrogens with two attached hydrogens (primary N) is 3. The maximum absolute atomic E-state index is 14.4. The molecule has 0 spiro atoms. The molecule has 506 valence electrons. The number of carboxylic acids is 1. The Morgan fingerprint density at radius 3 is 1.72 bits per heavy atom. The van der Waals surface area contributed by atoms with E-state index in [9.17, 15) is 92.6 Å². The maximum atomic E-state index is 14.4. The molecule has 2 fully saturated rings. The first kappa shape index (κ1) is 77.1. The van der Waals surface area contributed by atoms with E-state index in [-0.39, 0.29) is 45.2 Å². The van der Waals surface area contributed by atoms with Crippen LogP contribution in [0.4, 0.5) is 0 Å². The summed E-state index contributed by atoms with van der Waals surface area (Å²) >= 11 is 0. The van der Waals surface area contributed by atoms with Crippen molar-refractivity contribution in [1.82, 2.24) is 63.4 Å². The first-order valence-corrected chi connectivity index (χ1v) is 31.1. The van der Waals surface area contributed by atoms with Crippen LogP contribution < -0.4 is 75.3 Å². The van der Waals surface area contributed by atoms with Crippen molar-refractivity contribution in [2.75, 3.05) is 39.4 Å². The second kappa shape index (κ2) is 37.2. The van der Waals surface area contributed by atoms with E-state index in [0.29, 0.717) is 18.5 Å². The van der Waals surface area contributed by atoms with Crippen LogP contribution in [0.2, 0.25) is 0 Å². The molecule has 35 nitrogen and oxygen atoms in total. The van der Waals surface area contributed by atoms with E-state index in [1.54, 1.807) is 49.5 Å². The molecule has 24 N–H and O–H groups in total. The van der Waals surface area contributed by atoms with Gasteiger partial charge in [-0.2, -0.15) is 19.2 Å². The summed E-state index contributed by atoms with van der Waals surface area (Å²) in [5.74, 6) is -13.3. The van der Waals surface area contributed by atoms with Gasteiger partial charge in [0.15, 0.2) is 12.1 Å². The molecule has 0 aliphatic carbocycles. The predicted octanol–water partition coefficient (Wildman–Crippen LogP) is -9.16. The molecule has 90 heavy (non-hydrogen) atoms. The zero-order valence-corrected chi connectivity index (χ0v) is 52.3. The van der Waals surface area contributed by atoms with Gasteiger partial charge in [-0.25, -0.2) is 4.79 Å². The van der Waals surface area contributed by atoms with E-state index in [0.717, 1.165) is 18.2 Å². The third-order valence-corrected chi connectivity index (χ3v) is 15.1. The number of quaternary nitrogens is 1. The SMILES string of the molecule is CC(C)[C@H](NC(=O)[C@H](CCCNC(N)N)NC(=O)[C@@H](NC(=O)[C@@H]1CCC[NH2+]1)[C@@H](C)O)C(=O)N[C@@H](CO)C(=O)N[C@@H](CO[P+](O)(O)O)C(=O)N1CCC[C@H]1C(=O)N[C@H](C(=O)N[C@@H](Cc1ccccc1)C(=O)NCC(=O)N[C@@H](C)C(=O)N[C@H](C(=O)O)[C@@H](C)O)C(C)C. The number of aliphatic carboxylic acids is 1. The molecule has 0 saturated carbocycles. The Labute approximate surface area is 520 Å². The Bertz CT molecular complexity index is 2610. The molecule has 0 unspecified atom stereocenters. The van der Waals surface area contributed by atoms with Crippen molar-refractivity contribution in [3.05, 3.63) is 35.9 Å². The number of aliphatic hydroxyl groups excluding tert-OH is 3. The number of nitrogens with zero attached hydrogens (tertiary/aromatic N) is 1. The third-order valence-electron chi connectivity index (χ3n) is 14.6. The van der Waals surface area contributed by atoms with Gasteiger partial charge in [0.25, 0.3) is 5.91 Å². The summed E-state index contributed by atoms with van der Waals surface area (Å²) in [6.07, 6.45) is -2.42. The molecule has 2 aliphatic rings. The number of hydrogen-bond donors (Lipinski definition) is 21. The van der Waals surface area contributed by atoms with Crippen molar-refractivity contribution in [1.29, 1.82) is 0 Å². The normalized spacial score (nSPS) is 18.6. The fraction of sp³-hybridized carbons (Fsp3) is 0.667. The largest absolute Gasteiger partial charge is 0.567 e. The number of carbonyl (C=O) groups excluding carboxylic acids is 11. The zero-order valence-electron chi connectivity index (χ0n) is 51.4. The van der Waals surface area contributed by atoms with Crippen LogP contribution in [0.15, 0.2) is 30.3 Å². The van der Waals surface area contributed by atoms with Crippen LogP contribution in [0.25, 0.3) is 0 Å². The standard InChI is InChI=1S/C54H90N15O20P/c1-26(2)39(65-46(77)33(17-12-20-58-54(55)56)61-51(82)41(29(6)71)67-45(76)32-16-11-19-57-32)50(81)63-35(24-70)47(78)64-36(25-89-90(86,87)88)52(83)69-21-13-18-37(69)48(79)66-40(27(3)4)49(80)62-34(22-31-14-9-8-10-15-31)44(75)59-23-38(73)60-28(5)43(74)68-42(30(7)72)53(84)85/h8-10,14-15,26-30,32-37,39-42,54,57-58,70-72,86-88H,11-13,16-25,55-56H2,1-7H3,(H10-,59,60,61,62,63,64,65,66,67,68,73,74,75,76,77,78,79,80,81,82,84,85)/p+2/t28-,29+,30+,32-,33-,34-,35-,36-,37-,39-,40-,41-,42-/m0/s1. The van der Waals surface area contributed by atoms with E-state index >= 15 is 0 Å². The van der Waals surface area contributed by atoms with Crippen LogP contribution in [0.5, 0.6) is 0 Å². The number of benzene rings is 1. The molecule has 1 aromatic carbocycles. The van der Waals surface area contributed by atoms with Gasteiger partial charge >= 0.3 is 14.1 Å². The second-order valence-corrected chi connectivity index (χ2v) is 24.1. The topological polar surface area (TPSA) is 560 Å². The van der Waals surface area contributed by atoms with Crippen LogP contribution in [0, 0.1) is 11.8 Å². The lowest BCUT2D eigenvalue weighted by molar-refractivity contribution is -0.657. The Hall–Kier alpha value is -7.15. The van der Waals surface area contributed by atoms with Crippen molar-refractivity contribution < 1.29 is 102 Å². The Kier molecular flexibility index (Phi) is 31.9. The first-order valence-electron chi connectivity index (χ1n) is 29.5. The molecule has 3 rings (SSSR count). The monoisotopic (exact) mass is 1300 g/mol. The molecule has 0 bridgehead atoms. The van der Waals surface area contributed by atoms with Gasteiger partial charge in [0, 0.05) is 25.8 Å². The second-order valence-electron chi connectivity index (χ2n) is 22.8. The Morgan fingerprint density at radius 1 is 0.633 bits per heavy atom. The molecule has 1 aromatic rings. The number of amides is 11. The van der Waals surface area contributed by atoms with Crippen LogP contribution >= 0.6 is 8.17 Å². The Balaban J connectivity index is 1.80. The number of likely N-dealkylation sites (tertiary alicyclic amines) is 1. The van der Waals surface area contributed by atoms with E-state index in [1.165, 1.54) is 27.7 Å². The number of carboxylic acid groups (broad SMARTS) is 1. The summed E-state index contributed by atoms with van der Waals surface area (Å²) in [5.41, 5.74) is 11.7. The summed E-state index contributed by atoms with van der Waals surface area (Å²) in [6, 6.07) is -7.60. The van der Waals surface area contributed by atoms with Gasteiger partial charge in [0.1, 0.15) is 67.3 Å². The average molecular weight is 1300 g/mol. The summed E-state index contributed by atoms with van der Waals surface area (Å²) < 4.78 is 4.74. The molecule has 2 aliphatic heterocycles. The predicted molar refractivity (Wildman–Crippen MR) is 317 cm³/mol. The third kappa shape index (κ3) is 25.6. The number of aliphatic hydroxyl groups is 3. The minimum atomic E-state index is -5.14. The number of rotatable bonds is 37. The van der Waals surface area contributed by atoms with Crippen LogP contribution in [-0.4, -0.2) is 235 Å². The van der Waals surface area contributed by atoms with Gasteiger partial charge in [-0.1, -0.05) is 58.0 Å². The molecule has 36 heteroatoms. The summed E-state index contributed by atoms with van der Waals surface area (Å²) in [7, 11) is -5.14. The minimum absolute atomic E-state index is 0.0253. The van der Waals surface area contributed by atoms with E-state index in [1.807, 2.05) is 0 Å². The van der Waals surface area contributed by atoms with E-state index in [4.69, 9.17) is 16.0 Å². The van der Waals surface area contributed by atoms with E-state index in [2.05, 4.69) is 58.5 Å². The molecular weight excluding hydrogens is 1210 g/mol. The average Bonchev–Trinajstić information content (AvgIpc) is 1.77. The molecule has 2 heterocycles. The van der Waals surface area contributed by atoms with Gasteiger partial charge in [0.05, 0.1) is 31.9 Å². The minimum Gasteiger partial charge on any atom is -0.480 e. The zero-order chi connectivity index (χ0) is 67.7. The van der Waals surface area contributed by atoms with Gasteiger partial charge in [-0.15, -0.1) is 0 Å². The summed E-state index contributed by atoms with van der Waals surface area (Å²) in [5, 5.41) is 68.6. The Morgan fingerprint density at radius 2 is 1.18 bits per heavy atom. The summed E-state index contributed by atoms with van der Waals surface area (Å²) in [4.78, 5) is 192. The van der Waals surface area contributed by atoms with Crippen LogP contribution in [0.3, 0.4) is 0 Å². The fourth-order valence-corrected chi connectivity index (χ4v) is 9.92. The lowest BCUT2D eigenvalue weighted by atomic mass is 10.00. The summed E-state index contributed by atoms with van der Waals surface area (Å²) in [6.45, 7) is 7.47. The van der Waals surface area contributed by atoms with Gasteiger partial charge < -0.3 is 95.3 Å².